The van der Waals surface area contributed by atoms with Crippen LogP contribution < -0.4 is 9.47 Å². The lowest BCUT2D eigenvalue weighted by molar-refractivity contribution is -0.183. The molecule has 4 heteroatoms. The molecule has 2 rings (SSSR count). The third kappa shape index (κ3) is 4.25. The Balaban J connectivity index is 1.88. The zero-order valence-corrected chi connectivity index (χ0v) is 12.1. The lowest BCUT2D eigenvalue weighted by Crippen LogP contribution is -2.26. The van der Waals surface area contributed by atoms with Crippen molar-refractivity contribution >= 4 is 6.08 Å². The zero-order valence-electron chi connectivity index (χ0n) is 12.1. The van der Waals surface area contributed by atoms with Crippen LogP contribution >= 0.6 is 0 Å². The molecule has 1 heterocycles. The lowest BCUT2D eigenvalue weighted by Gasteiger charge is -2.23. The molecule has 1 aliphatic heterocycles. The Hall–Kier alpha value is -1.52. The van der Waals surface area contributed by atoms with E-state index >= 15 is 0 Å². The molecule has 20 heavy (non-hydrogen) atoms. The molecule has 0 atom stereocenters. The summed E-state index contributed by atoms with van der Waals surface area (Å²) in [5.41, 5.74) is 1.09. The quantitative estimate of drug-likeness (QED) is 0.800. The van der Waals surface area contributed by atoms with Gasteiger partial charge >= 0.3 is 0 Å². The molecule has 0 N–H and O–H groups in total. The average molecular weight is 278 g/mol. The Morgan fingerprint density at radius 1 is 1.25 bits per heavy atom. The molecule has 1 fully saturated rings. The van der Waals surface area contributed by atoms with Gasteiger partial charge in [-0.05, 0) is 31.0 Å². The van der Waals surface area contributed by atoms with Gasteiger partial charge in [0.05, 0.1) is 26.9 Å². The second-order valence-corrected chi connectivity index (χ2v) is 4.57. The molecule has 0 spiro atoms. The summed E-state index contributed by atoms with van der Waals surface area (Å²) in [6, 6.07) is 5.89. The standard InChI is InChI=1S/C16H22O4/c1-3-5-13-6-7-14(15(12-13)17-2)18-11-8-16-19-9-4-10-20-16/h3,5-7,12,16H,4,8-11H2,1-2H3. The number of benzene rings is 1. The van der Waals surface area contributed by atoms with Crippen molar-refractivity contribution in [2.24, 2.45) is 0 Å². The molecule has 1 saturated heterocycles. The summed E-state index contributed by atoms with van der Waals surface area (Å²) >= 11 is 0. The van der Waals surface area contributed by atoms with Gasteiger partial charge in [-0.25, -0.2) is 0 Å². The SMILES string of the molecule is CC=Cc1ccc(OCCC2OCCCO2)c(OC)c1. The Bertz CT molecular complexity index is 436. The van der Waals surface area contributed by atoms with Crippen LogP contribution in [0.4, 0.5) is 0 Å². The van der Waals surface area contributed by atoms with E-state index in [1.54, 1.807) is 7.11 Å². The molecule has 0 saturated carbocycles. The molecular formula is C16H22O4. The maximum atomic E-state index is 5.75. The van der Waals surface area contributed by atoms with E-state index in [4.69, 9.17) is 18.9 Å². The van der Waals surface area contributed by atoms with Gasteiger partial charge in [0.2, 0.25) is 0 Å². The van der Waals surface area contributed by atoms with Gasteiger partial charge in [-0.15, -0.1) is 0 Å². The van der Waals surface area contributed by atoms with Crippen molar-refractivity contribution in [3.05, 3.63) is 29.8 Å². The highest BCUT2D eigenvalue weighted by atomic mass is 16.7. The van der Waals surface area contributed by atoms with Crippen LogP contribution in [0.1, 0.15) is 25.3 Å². The first kappa shape index (κ1) is 14.9. The summed E-state index contributed by atoms with van der Waals surface area (Å²) in [7, 11) is 1.65. The van der Waals surface area contributed by atoms with Crippen LogP contribution in [-0.4, -0.2) is 33.2 Å². The second kappa shape index (κ2) is 7.92. The van der Waals surface area contributed by atoms with Crippen LogP contribution in [0.5, 0.6) is 11.5 Å². The van der Waals surface area contributed by atoms with Crippen LogP contribution in [0.2, 0.25) is 0 Å². The van der Waals surface area contributed by atoms with E-state index in [-0.39, 0.29) is 6.29 Å². The van der Waals surface area contributed by atoms with Crippen molar-refractivity contribution in [1.82, 2.24) is 0 Å². The Morgan fingerprint density at radius 2 is 2.05 bits per heavy atom. The highest BCUT2D eigenvalue weighted by Crippen LogP contribution is 2.28. The molecular weight excluding hydrogens is 256 g/mol. The monoisotopic (exact) mass is 278 g/mol. The molecule has 1 aromatic rings. The summed E-state index contributed by atoms with van der Waals surface area (Å²) in [6.45, 7) is 4.07. The van der Waals surface area contributed by atoms with Crippen LogP contribution in [0, 0.1) is 0 Å². The van der Waals surface area contributed by atoms with E-state index in [0.717, 1.165) is 43.1 Å². The normalized spacial score (nSPS) is 16.5. The zero-order chi connectivity index (χ0) is 14.2. The van der Waals surface area contributed by atoms with Crippen molar-refractivity contribution < 1.29 is 18.9 Å². The van der Waals surface area contributed by atoms with Crippen LogP contribution in [0.15, 0.2) is 24.3 Å². The fourth-order valence-corrected chi connectivity index (χ4v) is 2.07. The van der Waals surface area contributed by atoms with E-state index in [1.807, 2.05) is 37.3 Å². The van der Waals surface area contributed by atoms with E-state index < -0.39 is 0 Å². The number of hydrogen-bond acceptors (Lipinski definition) is 4. The van der Waals surface area contributed by atoms with Gasteiger partial charge in [0, 0.05) is 6.42 Å². The number of hydrogen-bond donors (Lipinski definition) is 0. The van der Waals surface area contributed by atoms with E-state index in [1.165, 1.54) is 0 Å². The summed E-state index contributed by atoms with van der Waals surface area (Å²) in [5, 5.41) is 0. The van der Waals surface area contributed by atoms with Crippen molar-refractivity contribution in [3.8, 4) is 11.5 Å². The van der Waals surface area contributed by atoms with Gasteiger partial charge in [0.1, 0.15) is 0 Å². The molecule has 110 valence electrons. The molecule has 0 amide bonds. The van der Waals surface area contributed by atoms with E-state index in [9.17, 15) is 0 Å². The molecule has 0 bridgehead atoms. The largest absolute Gasteiger partial charge is 0.493 e. The van der Waals surface area contributed by atoms with Gasteiger partial charge < -0.3 is 18.9 Å². The maximum Gasteiger partial charge on any atom is 0.161 e. The van der Waals surface area contributed by atoms with Gasteiger partial charge in [-0.1, -0.05) is 18.2 Å². The number of methoxy groups -OCH3 is 1. The third-order valence-corrected chi connectivity index (χ3v) is 3.05. The predicted molar refractivity (Wildman–Crippen MR) is 78.1 cm³/mol. The van der Waals surface area contributed by atoms with Gasteiger partial charge in [-0.2, -0.15) is 0 Å². The minimum absolute atomic E-state index is 0.142. The molecule has 1 aromatic carbocycles. The number of rotatable bonds is 6. The van der Waals surface area contributed by atoms with Gasteiger partial charge in [0.25, 0.3) is 0 Å². The molecule has 0 radical (unpaired) electrons. The van der Waals surface area contributed by atoms with Crippen LogP contribution in [-0.2, 0) is 9.47 Å². The van der Waals surface area contributed by atoms with Gasteiger partial charge in [0.15, 0.2) is 17.8 Å². The summed E-state index contributed by atoms with van der Waals surface area (Å²) in [5.74, 6) is 1.49. The molecule has 0 aromatic heterocycles. The lowest BCUT2D eigenvalue weighted by atomic mass is 10.2. The average Bonchev–Trinajstić information content (AvgIpc) is 2.50. The fraction of sp³-hybridized carbons (Fsp3) is 0.500. The highest BCUT2D eigenvalue weighted by Gasteiger charge is 2.14. The van der Waals surface area contributed by atoms with Crippen LogP contribution in [0.3, 0.4) is 0 Å². The Kier molecular flexibility index (Phi) is 5.89. The van der Waals surface area contributed by atoms with Gasteiger partial charge in [-0.3, -0.25) is 0 Å². The minimum Gasteiger partial charge on any atom is -0.493 e. The van der Waals surface area contributed by atoms with Crippen molar-refractivity contribution in [2.75, 3.05) is 26.9 Å². The first-order chi connectivity index (χ1) is 9.83. The topological polar surface area (TPSA) is 36.9 Å². The van der Waals surface area contributed by atoms with Crippen molar-refractivity contribution in [1.29, 1.82) is 0 Å². The number of allylic oxidation sites excluding steroid dienone is 1. The second-order valence-electron chi connectivity index (χ2n) is 4.57. The third-order valence-electron chi connectivity index (χ3n) is 3.05. The maximum absolute atomic E-state index is 5.75. The first-order valence-electron chi connectivity index (χ1n) is 7.00. The van der Waals surface area contributed by atoms with Crippen LogP contribution in [0.25, 0.3) is 6.08 Å². The van der Waals surface area contributed by atoms with Crippen molar-refractivity contribution in [2.45, 2.75) is 26.1 Å². The molecule has 0 aliphatic carbocycles. The minimum atomic E-state index is -0.142. The van der Waals surface area contributed by atoms with Crippen molar-refractivity contribution in [3.63, 3.8) is 0 Å². The Labute approximate surface area is 120 Å². The predicted octanol–water partition coefficient (Wildman–Crippen LogP) is 3.26. The first-order valence-corrected chi connectivity index (χ1v) is 7.00. The summed E-state index contributed by atoms with van der Waals surface area (Å²) in [4.78, 5) is 0. The van der Waals surface area contributed by atoms with E-state index in [0.29, 0.717) is 6.61 Å². The Morgan fingerprint density at radius 3 is 2.75 bits per heavy atom. The fourth-order valence-electron chi connectivity index (χ4n) is 2.07. The highest BCUT2D eigenvalue weighted by molar-refractivity contribution is 5.55. The van der Waals surface area contributed by atoms with E-state index in [2.05, 4.69) is 0 Å². The summed E-state index contributed by atoms with van der Waals surface area (Å²) < 4.78 is 22.1. The molecule has 0 unspecified atom stereocenters. The number of ether oxygens (including phenoxy) is 4. The molecule has 4 nitrogen and oxygen atoms in total. The summed E-state index contributed by atoms with van der Waals surface area (Å²) in [6.07, 6.45) is 5.57. The molecule has 1 aliphatic rings. The smallest absolute Gasteiger partial charge is 0.161 e.